The first-order valence-corrected chi connectivity index (χ1v) is 7.58. The molecule has 2 rings (SSSR count). The molecule has 2 aliphatic rings. The second-order valence-electron chi connectivity index (χ2n) is 6.27. The Morgan fingerprint density at radius 1 is 1.44 bits per heavy atom. The molecule has 1 saturated heterocycles. The molecule has 3 unspecified atom stereocenters. The fourth-order valence-corrected chi connectivity index (χ4v) is 3.64. The van der Waals surface area contributed by atoms with E-state index in [0.717, 1.165) is 51.6 Å². The standard InChI is InChI=1S/C15H27NO2/c1-3-6-12(2)14(17)16-10-9-15(18)8-5-4-7-13(15)11-16/h12-13,18H,3-11H2,1-2H3. The molecule has 1 heterocycles. The van der Waals surface area contributed by atoms with Crippen molar-refractivity contribution in [3.05, 3.63) is 0 Å². The summed E-state index contributed by atoms with van der Waals surface area (Å²) >= 11 is 0. The van der Waals surface area contributed by atoms with E-state index in [0.29, 0.717) is 11.8 Å². The van der Waals surface area contributed by atoms with Gasteiger partial charge in [-0.3, -0.25) is 4.79 Å². The zero-order valence-corrected chi connectivity index (χ0v) is 11.8. The minimum Gasteiger partial charge on any atom is -0.389 e. The molecule has 1 aliphatic carbocycles. The van der Waals surface area contributed by atoms with E-state index >= 15 is 0 Å². The summed E-state index contributed by atoms with van der Waals surface area (Å²) in [6.07, 6.45) is 7.19. The molecule has 0 spiro atoms. The van der Waals surface area contributed by atoms with Crippen molar-refractivity contribution >= 4 is 5.91 Å². The van der Waals surface area contributed by atoms with Crippen LogP contribution in [0.2, 0.25) is 0 Å². The van der Waals surface area contributed by atoms with Crippen molar-refractivity contribution in [3.8, 4) is 0 Å². The number of amides is 1. The van der Waals surface area contributed by atoms with Gasteiger partial charge in [0, 0.05) is 24.9 Å². The molecule has 104 valence electrons. The lowest BCUT2D eigenvalue weighted by Gasteiger charge is -2.47. The number of rotatable bonds is 3. The Morgan fingerprint density at radius 2 is 2.22 bits per heavy atom. The molecule has 0 bridgehead atoms. The van der Waals surface area contributed by atoms with Gasteiger partial charge in [0.05, 0.1) is 5.60 Å². The molecule has 1 N–H and O–H groups in total. The average molecular weight is 253 g/mol. The molecule has 1 saturated carbocycles. The largest absolute Gasteiger partial charge is 0.389 e. The molecule has 0 aromatic rings. The Bertz CT molecular complexity index is 305. The van der Waals surface area contributed by atoms with Gasteiger partial charge in [0.25, 0.3) is 0 Å². The summed E-state index contributed by atoms with van der Waals surface area (Å²) < 4.78 is 0. The molecule has 0 radical (unpaired) electrons. The number of aliphatic hydroxyl groups is 1. The predicted octanol–water partition coefficient (Wildman–Crippen LogP) is 2.58. The zero-order valence-electron chi connectivity index (χ0n) is 11.8. The molecule has 0 aromatic carbocycles. The minimum atomic E-state index is -0.469. The van der Waals surface area contributed by atoms with Crippen LogP contribution in [0, 0.1) is 11.8 Å². The van der Waals surface area contributed by atoms with E-state index in [1.807, 2.05) is 11.8 Å². The number of hydrogen-bond acceptors (Lipinski definition) is 2. The van der Waals surface area contributed by atoms with Crippen LogP contribution in [0.1, 0.15) is 58.8 Å². The normalized spacial score (nSPS) is 33.9. The van der Waals surface area contributed by atoms with Crippen LogP contribution in [0.15, 0.2) is 0 Å². The van der Waals surface area contributed by atoms with Gasteiger partial charge in [0.15, 0.2) is 0 Å². The summed E-state index contributed by atoms with van der Waals surface area (Å²) in [7, 11) is 0. The van der Waals surface area contributed by atoms with Crippen LogP contribution >= 0.6 is 0 Å². The first-order valence-electron chi connectivity index (χ1n) is 7.58. The highest BCUT2D eigenvalue weighted by Gasteiger charge is 2.43. The van der Waals surface area contributed by atoms with E-state index in [4.69, 9.17) is 0 Å². The Hall–Kier alpha value is -0.570. The van der Waals surface area contributed by atoms with Crippen molar-refractivity contribution in [1.82, 2.24) is 4.90 Å². The van der Waals surface area contributed by atoms with Gasteiger partial charge in [-0.05, 0) is 25.7 Å². The maximum atomic E-state index is 12.3. The number of piperidine rings is 1. The Morgan fingerprint density at radius 3 is 2.94 bits per heavy atom. The summed E-state index contributed by atoms with van der Waals surface area (Å²) in [4.78, 5) is 14.3. The molecule has 2 fully saturated rings. The number of likely N-dealkylation sites (tertiary alicyclic amines) is 1. The smallest absolute Gasteiger partial charge is 0.225 e. The van der Waals surface area contributed by atoms with Crippen LogP contribution in [0.5, 0.6) is 0 Å². The Labute approximate surface area is 111 Å². The number of fused-ring (bicyclic) bond motifs is 1. The van der Waals surface area contributed by atoms with Crippen molar-refractivity contribution in [1.29, 1.82) is 0 Å². The van der Waals surface area contributed by atoms with Gasteiger partial charge in [-0.25, -0.2) is 0 Å². The topological polar surface area (TPSA) is 40.5 Å². The average Bonchev–Trinajstić information content (AvgIpc) is 2.37. The summed E-state index contributed by atoms with van der Waals surface area (Å²) in [5, 5.41) is 10.6. The second-order valence-corrected chi connectivity index (χ2v) is 6.27. The van der Waals surface area contributed by atoms with Crippen LogP contribution in [0.25, 0.3) is 0 Å². The third-order valence-electron chi connectivity index (χ3n) is 4.88. The summed E-state index contributed by atoms with van der Waals surface area (Å²) in [5.74, 6) is 0.757. The van der Waals surface area contributed by atoms with Gasteiger partial charge in [-0.15, -0.1) is 0 Å². The number of carbonyl (C=O) groups excluding carboxylic acids is 1. The van der Waals surface area contributed by atoms with E-state index in [1.54, 1.807) is 0 Å². The summed E-state index contributed by atoms with van der Waals surface area (Å²) in [5.41, 5.74) is -0.469. The quantitative estimate of drug-likeness (QED) is 0.840. The number of nitrogens with zero attached hydrogens (tertiary/aromatic N) is 1. The zero-order chi connectivity index (χ0) is 13.2. The van der Waals surface area contributed by atoms with Crippen molar-refractivity contribution < 1.29 is 9.90 Å². The van der Waals surface area contributed by atoms with Gasteiger partial charge in [0.1, 0.15) is 0 Å². The number of carbonyl (C=O) groups is 1. The Kier molecular flexibility index (Phi) is 4.31. The fourth-order valence-electron chi connectivity index (χ4n) is 3.64. The van der Waals surface area contributed by atoms with Gasteiger partial charge >= 0.3 is 0 Å². The lowest BCUT2D eigenvalue weighted by atomic mass is 9.71. The van der Waals surface area contributed by atoms with E-state index < -0.39 is 5.60 Å². The van der Waals surface area contributed by atoms with Crippen molar-refractivity contribution in [3.63, 3.8) is 0 Å². The van der Waals surface area contributed by atoms with Crippen LogP contribution in [0.4, 0.5) is 0 Å². The van der Waals surface area contributed by atoms with Crippen LogP contribution < -0.4 is 0 Å². The third-order valence-corrected chi connectivity index (χ3v) is 4.88. The van der Waals surface area contributed by atoms with Crippen LogP contribution in [-0.4, -0.2) is 34.6 Å². The van der Waals surface area contributed by atoms with Crippen molar-refractivity contribution in [2.75, 3.05) is 13.1 Å². The van der Waals surface area contributed by atoms with Gasteiger partial charge in [-0.2, -0.15) is 0 Å². The number of hydrogen-bond donors (Lipinski definition) is 1. The van der Waals surface area contributed by atoms with E-state index in [-0.39, 0.29) is 5.92 Å². The maximum Gasteiger partial charge on any atom is 0.225 e. The third kappa shape index (κ3) is 2.71. The SMILES string of the molecule is CCCC(C)C(=O)N1CCC2(O)CCCCC2C1. The van der Waals surface area contributed by atoms with Crippen LogP contribution in [0.3, 0.4) is 0 Å². The molecular weight excluding hydrogens is 226 g/mol. The molecule has 1 aliphatic heterocycles. The highest BCUT2D eigenvalue weighted by Crippen LogP contribution is 2.40. The van der Waals surface area contributed by atoms with Crippen molar-refractivity contribution in [2.45, 2.75) is 64.4 Å². The first-order chi connectivity index (χ1) is 8.57. The molecule has 0 aromatic heterocycles. The molecule has 18 heavy (non-hydrogen) atoms. The first kappa shape index (κ1) is 13.9. The van der Waals surface area contributed by atoms with E-state index in [1.165, 1.54) is 6.42 Å². The van der Waals surface area contributed by atoms with Gasteiger partial charge in [-0.1, -0.05) is 33.1 Å². The van der Waals surface area contributed by atoms with E-state index in [2.05, 4.69) is 6.92 Å². The monoisotopic (exact) mass is 253 g/mol. The Balaban J connectivity index is 1.96. The second kappa shape index (κ2) is 5.60. The van der Waals surface area contributed by atoms with Gasteiger partial charge in [0.2, 0.25) is 5.91 Å². The van der Waals surface area contributed by atoms with E-state index in [9.17, 15) is 9.90 Å². The lowest BCUT2D eigenvalue weighted by Crippen LogP contribution is -2.55. The maximum absolute atomic E-state index is 12.3. The van der Waals surface area contributed by atoms with Crippen molar-refractivity contribution in [2.24, 2.45) is 11.8 Å². The molecular formula is C15H27NO2. The summed E-state index contributed by atoms with van der Waals surface area (Å²) in [6, 6.07) is 0. The molecule has 1 amide bonds. The van der Waals surface area contributed by atoms with Crippen LogP contribution in [-0.2, 0) is 4.79 Å². The fraction of sp³-hybridized carbons (Fsp3) is 0.933. The minimum absolute atomic E-state index is 0.143. The predicted molar refractivity (Wildman–Crippen MR) is 72.2 cm³/mol. The molecule has 3 atom stereocenters. The highest BCUT2D eigenvalue weighted by atomic mass is 16.3. The molecule has 3 heteroatoms. The lowest BCUT2D eigenvalue weighted by molar-refractivity contribution is -0.147. The summed E-state index contributed by atoms with van der Waals surface area (Å²) in [6.45, 7) is 5.69. The van der Waals surface area contributed by atoms with Gasteiger partial charge < -0.3 is 10.0 Å². The molecule has 3 nitrogen and oxygen atoms in total. The highest BCUT2D eigenvalue weighted by molar-refractivity contribution is 5.78.